The summed E-state index contributed by atoms with van der Waals surface area (Å²) >= 11 is 0. The van der Waals surface area contributed by atoms with Crippen molar-refractivity contribution in [1.82, 2.24) is 5.32 Å². The summed E-state index contributed by atoms with van der Waals surface area (Å²) in [5, 5.41) is 22.9. The van der Waals surface area contributed by atoms with Crippen LogP contribution in [0.3, 0.4) is 0 Å². The first kappa shape index (κ1) is 17.0. The maximum absolute atomic E-state index is 12.0. The molecule has 1 aromatic rings. The fourth-order valence-corrected chi connectivity index (χ4v) is 6.37. The van der Waals surface area contributed by atoms with E-state index in [0.717, 1.165) is 23.3 Å². The molecule has 1 aromatic carbocycles. The van der Waals surface area contributed by atoms with Crippen molar-refractivity contribution in [3.05, 3.63) is 35.9 Å². The number of nitrogens with one attached hydrogen (secondary N) is 1. The molecule has 4 heteroatoms. The molecule has 4 nitrogen and oxygen atoms in total. The molecule has 0 radical (unpaired) electrons. The quantitative estimate of drug-likeness (QED) is 0.710. The third-order valence-electron chi connectivity index (χ3n) is 6.89. The number of aliphatic hydroxyl groups is 1. The van der Waals surface area contributed by atoms with Crippen LogP contribution in [0, 0.1) is 23.2 Å². The van der Waals surface area contributed by atoms with Gasteiger partial charge in [0.25, 0.3) is 0 Å². The molecule has 0 unspecified atom stereocenters. The van der Waals surface area contributed by atoms with E-state index >= 15 is 0 Å². The van der Waals surface area contributed by atoms with Gasteiger partial charge in [-0.25, -0.2) is 0 Å². The monoisotopic (exact) mass is 343 g/mol. The Morgan fingerprint density at radius 1 is 1.08 bits per heavy atom. The lowest BCUT2D eigenvalue weighted by atomic mass is 9.48. The van der Waals surface area contributed by atoms with E-state index in [2.05, 4.69) is 5.32 Å². The zero-order valence-corrected chi connectivity index (χ0v) is 14.7. The lowest BCUT2D eigenvalue weighted by molar-refractivity contribution is -0.143. The number of hydrogen-bond acceptors (Lipinski definition) is 3. The molecular weight excluding hydrogens is 314 g/mol. The number of aliphatic hydroxyl groups excluding tert-OH is 1. The average molecular weight is 343 g/mol. The van der Waals surface area contributed by atoms with Crippen molar-refractivity contribution >= 4 is 5.97 Å². The molecule has 4 aliphatic carbocycles. The Morgan fingerprint density at radius 2 is 1.64 bits per heavy atom. The summed E-state index contributed by atoms with van der Waals surface area (Å²) in [7, 11) is 0. The minimum Gasteiger partial charge on any atom is -0.480 e. The molecule has 3 N–H and O–H groups in total. The van der Waals surface area contributed by atoms with Crippen molar-refractivity contribution < 1.29 is 15.0 Å². The van der Waals surface area contributed by atoms with Crippen molar-refractivity contribution in [3.8, 4) is 0 Å². The van der Waals surface area contributed by atoms with E-state index < -0.39 is 12.0 Å². The topological polar surface area (TPSA) is 69.6 Å². The number of aliphatic carboxylic acids is 1. The van der Waals surface area contributed by atoms with Crippen LogP contribution in [-0.2, 0) is 4.79 Å². The van der Waals surface area contributed by atoms with Gasteiger partial charge in [-0.15, -0.1) is 0 Å². The van der Waals surface area contributed by atoms with Gasteiger partial charge in [0.15, 0.2) is 0 Å². The van der Waals surface area contributed by atoms with E-state index in [4.69, 9.17) is 0 Å². The zero-order valence-electron chi connectivity index (χ0n) is 14.7. The van der Waals surface area contributed by atoms with Gasteiger partial charge in [0.1, 0.15) is 6.04 Å². The molecule has 5 rings (SSSR count). The Kier molecular flexibility index (Phi) is 4.59. The highest BCUT2D eigenvalue weighted by Crippen LogP contribution is 2.61. The molecule has 4 fully saturated rings. The summed E-state index contributed by atoms with van der Waals surface area (Å²) < 4.78 is 0. The predicted octanol–water partition coefficient (Wildman–Crippen LogP) is 3.37. The first-order valence-corrected chi connectivity index (χ1v) is 9.71. The van der Waals surface area contributed by atoms with Gasteiger partial charge < -0.3 is 10.2 Å². The molecule has 0 heterocycles. The predicted molar refractivity (Wildman–Crippen MR) is 96.1 cm³/mol. The summed E-state index contributed by atoms with van der Waals surface area (Å²) in [6.45, 7) is -0.0886. The molecule has 0 saturated heterocycles. The first-order valence-electron chi connectivity index (χ1n) is 9.71. The molecule has 4 saturated carbocycles. The molecule has 4 aliphatic rings. The van der Waals surface area contributed by atoms with Crippen LogP contribution in [-0.4, -0.2) is 28.8 Å². The second-order valence-electron chi connectivity index (χ2n) is 8.83. The molecule has 0 aliphatic heterocycles. The maximum atomic E-state index is 12.0. The molecule has 136 valence electrons. The average Bonchev–Trinajstić information content (AvgIpc) is 2.58. The van der Waals surface area contributed by atoms with Gasteiger partial charge in [-0.3, -0.25) is 10.1 Å². The fourth-order valence-electron chi connectivity index (χ4n) is 6.37. The Balaban J connectivity index is 1.49. The standard InChI is InChI=1S/C21H29NO3/c23-13-19(17-4-2-1-3-5-17)22-18(20(24)25)12-21-9-14-6-15(10-21)8-16(7-14)11-21/h1-5,14-16,18-19,22-23H,6-13H2,(H,24,25)/t14?,15?,16?,18-,19-,21?/m0/s1. The fraction of sp³-hybridized carbons (Fsp3) is 0.667. The van der Waals surface area contributed by atoms with E-state index in [1.54, 1.807) is 0 Å². The Bertz CT molecular complexity index is 580. The van der Waals surface area contributed by atoms with Crippen LogP contribution >= 0.6 is 0 Å². The van der Waals surface area contributed by atoms with E-state index in [1.807, 2.05) is 30.3 Å². The molecule has 0 spiro atoms. The molecular formula is C21H29NO3. The normalized spacial score (nSPS) is 35.5. The highest BCUT2D eigenvalue weighted by Gasteiger charge is 2.52. The van der Waals surface area contributed by atoms with Crippen molar-refractivity contribution in [2.24, 2.45) is 23.2 Å². The van der Waals surface area contributed by atoms with Gasteiger partial charge in [0.05, 0.1) is 12.6 Å². The van der Waals surface area contributed by atoms with Gasteiger partial charge in [-0.05, 0) is 73.7 Å². The summed E-state index contributed by atoms with van der Waals surface area (Å²) in [5.74, 6) is 1.68. The number of carbonyl (C=O) groups is 1. The summed E-state index contributed by atoms with van der Waals surface area (Å²) in [4.78, 5) is 12.0. The van der Waals surface area contributed by atoms with Gasteiger partial charge in [0, 0.05) is 0 Å². The van der Waals surface area contributed by atoms with Gasteiger partial charge in [-0.2, -0.15) is 0 Å². The molecule has 0 amide bonds. The second kappa shape index (κ2) is 6.73. The van der Waals surface area contributed by atoms with Crippen LogP contribution in [0.25, 0.3) is 0 Å². The number of hydrogen-bond donors (Lipinski definition) is 3. The molecule has 4 bridgehead atoms. The highest BCUT2D eigenvalue weighted by atomic mass is 16.4. The number of carboxylic acids is 1. The van der Waals surface area contributed by atoms with Crippen molar-refractivity contribution in [1.29, 1.82) is 0 Å². The Labute approximate surface area is 149 Å². The van der Waals surface area contributed by atoms with Crippen LogP contribution in [0.1, 0.15) is 56.6 Å². The van der Waals surface area contributed by atoms with Gasteiger partial charge in [0.2, 0.25) is 0 Å². The zero-order chi connectivity index (χ0) is 17.4. The maximum Gasteiger partial charge on any atom is 0.320 e. The van der Waals surface area contributed by atoms with E-state index in [9.17, 15) is 15.0 Å². The SMILES string of the molecule is O=C(O)[C@H](CC12CC3CC(CC(C3)C1)C2)N[C@@H](CO)c1ccccc1. The van der Waals surface area contributed by atoms with E-state index in [0.29, 0.717) is 6.42 Å². The van der Waals surface area contributed by atoms with Crippen molar-refractivity contribution in [3.63, 3.8) is 0 Å². The summed E-state index contributed by atoms with van der Waals surface area (Å²) in [5.41, 5.74) is 1.16. The Morgan fingerprint density at radius 3 is 2.12 bits per heavy atom. The number of rotatable bonds is 7. The molecule has 2 atom stereocenters. The largest absolute Gasteiger partial charge is 0.480 e. The van der Waals surface area contributed by atoms with Crippen LogP contribution in [0.5, 0.6) is 0 Å². The second-order valence-corrected chi connectivity index (χ2v) is 8.83. The van der Waals surface area contributed by atoms with Gasteiger partial charge >= 0.3 is 5.97 Å². The molecule has 0 aromatic heterocycles. The molecule has 25 heavy (non-hydrogen) atoms. The highest BCUT2D eigenvalue weighted by molar-refractivity contribution is 5.73. The lowest BCUT2D eigenvalue weighted by Gasteiger charge is -2.57. The van der Waals surface area contributed by atoms with Crippen molar-refractivity contribution in [2.75, 3.05) is 6.61 Å². The minimum atomic E-state index is -0.787. The smallest absolute Gasteiger partial charge is 0.320 e. The number of carboxylic acid groups (broad SMARTS) is 1. The van der Waals surface area contributed by atoms with Crippen LogP contribution < -0.4 is 5.32 Å². The third-order valence-corrected chi connectivity index (χ3v) is 6.89. The minimum absolute atomic E-state index is 0.0886. The number of benzene rings is 1. The summed E-state index contributed by atoms with van der Waals surface area (Å²) in [6, 6.07) is 8.75. The Hall–Kier alpha value is -1.39. The lowest BCUT2D eigenvalue weighted by Crippen LogP contribution is -2.51. The van der Waals surface area contributed by atoms with Crippen LogP contribution in [0.15, 0.2) is 30.3 Å². The van der Waals surface area contributed by atoms with E-state index in [-0.39, 0.29) is 18.1 Å². The summed E-state index contributed by atoms with van der Waals surface area (Å²) in [6.07, 6.45) is 8.43. The van der Waals surface area contributed by atoms with Crippen LogP contribution in [0.2, 0.25) is 0 Å². The van der Waals surface area contributed by atoms with Gasteiger partial charge in [-0.1, -0.05) is 30.3 Å². The van der Waals surface area contributed by atoms with Crippen LogP contribution in [0.4, 0.5) is 0 Å². The first-order chi connectivity index (χ1) is 12.1. The third kappa shape index (κ3) is 3.47. The van der Waals surface area contributed by atoms with Crippen molar-refractivity contribution in [2.45, 2.75) is 57.0 Å². The van der Waals surface area contributed by atoms with E-state index in [1.165, 1.54) is 38.5 Å².